The van der Waals surface area contributed by atoms with Gasteiger partial charge in [-0.3, -0.25) is 0 Å². The molecule has 154 valence electrons. The lowest BCUT2D eigenvalue weighted by Gasteiger charge is -2.21. The number of carbonyl (C=O) groups is 2. The van der Waals surface area contributed by atoms with Crippen molar-refractivity contribution in [2.24, 2.45) is 0 Å². The number of aliphatic hydroxyl groups is 1. The third-order valence-electron chi connectivity index (χ3n) is 3.48. The summed E-state index contributed by atoms with van der Waals surface area (Å²) in [4.78, 5) is 20.4. The molecule has 0 unspecified atom stereocenters. The van der Waals surface area contributed by atoms with E-state index in [9.17, 15) is 4.79 Å². The first-order chi connectivity index (χ1) is 13.2. The highest BCUT2D eigenvalue weighted by Gasteiger charge is 2.18. The Morgan fingerprint density at radius 3 is 2.25 bits per heavy atom. The minimum absolute atomic E-state index is 0.0258. The average Bonchev–Trinajstić information content (AvgIpc) is 2.65. The van der Waals surface area contributed by atoms with Crippen LogP contribution < -0.4 is 10.1 Å². The number of rotatable bonds is 4. The van der Waals surface area contributed by atoms with Crippen LogP contribution in [0.2, 0.25) is 5.02 Å². The number of aliphatic hydroxyl groups excluding tert-OH is 1. The minimum Gasteiger partial charge on any atom is -0.421 e. The summed E-state index contributed by atoms with van der Waals surface area (Å²) in [6.07, 6.45) is 0. The lowest BCUT2D eigenvalue weighted by molar-refractivity contribution is -0.0980. The van der Waals surface area contributed by atoms with Gasteiger partial charge in [-0.2, -0.15) is 0 Å². The van der Waals surface area contributed by atoms with Crippen LogP contribution in [0.3, 0.4) is 0 Å². The highest BCUT2D eigenvalue weighted by atomic mass is 35.5. The lowest BCUT2D eigenvalue weighted by atomic mass is 9.87. The summed E-state index contributed by atoms with van der Waals surface area (Å²) in [5.41, 5.74) is 2.31. The van der Waals surface area contributed by atoms with Gasteiger partial charge in [0.15, 0.2) is 5.75 Å². The second kappa shape index (κ2) is 12.9. The van der Waals surface area contributed by atoms with E-state index in [-0.39, 0.29) is 12.0 Å². The second-order valence-electron chi connectivity index (χ2n) is 6.71. The van der Waals surface area contributed by atoms with E-state index in [0.717, 1.165) is 17.8 Å². The topological polar surface area (TPSA) is 75.6 Å². The molecule has 2 aromatic rings. The quantitative estimate of drug-likeness (QED) is 0.544. The van der Waals surface area contributed by atoms with Crippen LogP contribution in [0.4, 0.5) is 5.69 Å². The zero-order valence-electron chi connectivity index (χ0n) is 17.2. The molecule has 5 nitrogen and oxygen atoms in total. The van der Waals surface area contributed by atoms with Crippen molar-refractivity contribution < 1.29 is 19.4 Å². The highest BCUT2D eigenvalue weighted by molar-refractivity contribution is 6.30. The number of nitrogens with one attached hydrogen (secondary N) is 1. The van der Waals surface area contributed by atoms with Crippen molar-refractivity contribution in [3.63, 3.8) is 0 Å². The normalized spacial score (nSPS) is 9.96. The molecule has 6 heteroatoms. The van der Waals surface area contributed by atoms with Gasteiger partial charge in [-0.15, -0.1) is 0 Å². The summed E-state index contributed by atoms with van der Waals surface area (Å²) in [6.45, 7) is 13.0. The number of anilines is 1. The van der Waals surface area contributed by atoms with E-state index in [1.807, 2.05) is 25.8 Å². The molecule has 0 saturated carbocycles. The molecule has 0 aliphatic rings. The van der Waals surface area contributed by atoms with Gasteiger partial charge in [0, 0.05) is 18.2 Å². The molecule has 28 heavy (non-hydrogen) atoms. The molecule has 0 aromatic heterocycles. The predicted octanol–water partition coefficient (Wildman–Crippen LogP) is 5.10. The van der Waals surface area contributed by atoms with Gasteiger partial charge in [0.25, 0.3) is 0 Å². The first kappa shape index (κ1) is 25.6. The Kier molecular flexibility index (Phi) is 11.8. The molecular weight excluding hydrogens is 378 g/mol. The molecule has 2 aromatic carbocycles. The molecule has 2 rings (SSSR count). The maximum atomic E-state index is 12.4. The Hall–Kier alpha value is -2.37. The standard InChI is InChI=1S/C19H22ClNO2.C2H6O.CH2O/c1-5-21-16-10-9-14(19(2,3)4)12-17(16)23-18(22)13-7-6-8-15(20)11-13;1-2-3;1-2/h6-12,21H,5H2,1-4H3;3H,2H2,1H3;1H2. The Bertz CT molecular complexity index is 742. The smallest absolute Gasteiger partial charge is 0.343 e. The zero-order chi connectivity index (χ0) is 21.7. The van der Waals surface area contributed by atoms with Crippen molar-refractivity contribution in [3.05, 3.63) is 58.6 Å². The molecule has 0 aliphatic carbocycles. The van der Waals surface area contributed by atoms with Gasteiger partial charge in [-0.05, 0) is 55.2 Å². The van der Waals surface area contributed by atoms with Crippen LogP contribution >= 0.6 is 11.6 Å². The molecule has 0 radical (unpaired) electrons. The van der Waals surface area contributed by atoms with Gasteiger partial charge in [0.05, 0.1) is 11.3 Å². The molecule has 2 N–H and O–H groups in total. The second-order valence-corrected chi connectivity index (χ2v) is 7.14. The van der Waals surface area contributed by atoms with Crippen molar-refractivity contribution in [1.29, 1.82) is 0 Å². The minimum atomic E-state index is -0.419. The molecule has 0 fully saturated rings. The van der Waals surface area contributed by atoms with Crippen LogP contribution in [0.5, 0.6) is 5.75 Å². The summed E-state index contributed by atoms with van der Waals surface area (Å²) in [6, 6.07) is 12.7. The van der Waals surface area contributed by atoms with Crippen LogP contribution in [0.1, 0.15) is 50.5 Å². The monoisotopic (exact) mass is 407 g/mol. The van der Waals surface area contributed by atoms with Crippen molar-refractivity contribution in [3.8, 4) is 5.75 Å². The third-order valence-corrected chi connectivity index (χ3v) is 3.71. The van der Waals surface area contributed by atoms with Gasteiger partial charge in [-0.1, -0.05) is 44.5 Å². The highest BCUT2D eigenvalue weighted by Crippen LogP contribution is 2.32. The Morgan fingerprint density at radius 1 is 1.14 bits per heavy atom. The average molecular weight is 408 g/mol. The van der Waals surface area contributed by atoms with Crippen LogP contribution in [-0.2, 0) is 10.2 Å². The van der Waals surface area contributed by atoms with Gasteiger partial charge in [0.1, 0.15) is 6.79 Å². The van der Waals surface area contributed by atoms with E-state index in [1.165, 1.54) is 0 Å². The summed E-state index contributed by atoms with van der Waals surface area (Å²) in [5.74, 6) is 0.113. The number of esters is 1. The van der Waals surface area contributed by atoms with Gasteiger partial charge < -0.3 is 20.0 Å². The fourth-order valence-corrected chi connectivity index (χ4v) is 2.37. The number of hydrogen-bond acceptors (Lipinski definition) is 5. The third kappa shape index (κ3) is 8.55. The predicted molar refractivity (Wildman–Crippen MR) is 116 cm³/mol. The van der Waals surface area contributed by atoms with Crippen molar-refractivity contribution in [2.75, 3.05) is 18.5 Å². The van der Waals surface area contributed by atoms with Gasteiger partial charge >= 0.3 is 5.97 Å². The number of benzene rings is 2. The van der Waals surface area contributed by atoms with Crippen LogP contribution in [0.15, 0.2) is 42.5 Å². The zero-order valence-corrected chi connectivity index (χ0v) is 18.0. The molecule has 0 saturated heterocycles. The summed E-state index contributed by atoms with van der Waals surface area (Å²) < 4.78 is 5.61. The Balaban J connectivity index is 0.00000133. The molecule has 0 aliphatic heterocycles. The maximum absolute atomic E-state index is 12.4. The van der Waals surface area contributed by atoms with Crippen LogP contribution in [0, 0.1) is 0 Å². The van der Waals surface area contributed by atoms with E-state index in [4.69, 9.17) is 26.2 Å². The van der Waals surface area contributed by atoms with Gasteiger partial charge in [-0.25, -0.2) is 4.79 Å². The molecule has 0 amide bonds. The van der Waals surface area contributed by atoms with Crippen molar-refractivity contribution in [1.82, 2.24) is 0 Å². The van der Waals surface area contributed by atoms with Crippen LogP contribution in [-0.4, -0.2) is 31.0 Å². The first-order valence-corrected chi connectivity index (χ1v) is 9.36. The molecular formula is C22H30ClNO4. The van der Waals surface area contributed by atoms with E-state index in [0.29, 0.717) is 16.3 Å². The number of hydrogen-bond donors (Lipinski definition) is 2. The van der Waals surface area contributed by atoms with E-state index in [2.05, 4.69) is 32.2 Å². The molecule has 0 bridgehead atoms. The van der Waals surface area contributed by atoms with Crippen molar-refractivity contribution >= 4 is 30.0 Å². The summed E-state index contributed by atoms with van der Waals surface area (Å²) in [5, 5.41) is 11.3. The molecule has 0 heterocycles. The number of carbonyl (C=O) groups excluding carboxylic acids is 2. The summed E-state index contributed by atoms with van der Waals surface area (Å²) >= 11 is 5.94. The Labute approximate surface area is 172 Å². The molecule has 0 spiro atoms. The van der Waals surface area contributed by atoms with E-state index in [1.54, 1.807) is 31.2 Å². The van der Waals surface area contributed by atoms with E-state index >= 15 is 0 Å². The van der Waals surface area contributed by atoms with E-state index < -0.39 is 5.97 Å². The fraction of sp³-hybridized carbons (Fsp3) is 0.364. The van der Waals surface area contributed by atoms with Crippen molar-refractivity contribution in [2.45, 2.75) is 40.0 Å². The Morgan fingerprint density at radius 2 is 1.75 bits per heavy atom. The lowest BCUT2D eigenvalue weighted by Crippen LogP contribution is -2.14. The largest absolute Gasteiger partial charge is 0.421 e. The molecule has 0 atom stereocenters. The maximum Gasteiger partial charge on any atom is 0.343 e. The number of halogens is 1. The SMILES string of the molecule is C=O.CCNc1ccc(C(C)(C)C)cc1OC(=O)c1cccc(Cl)c1.CCO. The van der Waals surface area contributed by atoms with Crippen LogP contribution in [0.25, 0.3) is 0 Å². The summed E-state index contributed by atoms with van der Waals surface area (Å²) in [7, 11) is 0. The first-order valence-electron chi connectivity index (χ1n) is 8.98. The fourth-order valence-electron chi connectivity index (χ4n) is 2.18. The van der Waals surface area contributed by atoms with Gasteiger partial charge in [0.2, 0.25) is 0 Å². The number of ether oxygens (including phenoxy) is 1.